The Balaban J connectivity index is 2.00. The van der Waals surface area contributed by atoms with Crippen molar-refractivity contribution in [3.05, 3.63) is 83.7 Å². The number of alkyl halides is 3. The van der Waals surface area contributed by atoms with Gasteiger partial charge < -0.3 is 4.74 Å². The number of anilines is 1. The maximum Gasteiger partial charge on any atom is 0.416 e. The number of ketones is 1. The number of pyridine rings is 1. The van der Waals surface area contributed by atoms with Gasteiger partial charge in [-0.1, -0.05) is 0 Å². The molecule has 0 spiro atoms. The molecule has 0 saturated heterocycles. The molecule has 1 heterocycles. The third kappa shape index (κ3) is 5.44. The molecule has 0 fully saturated rings. The number of carbonyl (C=O) groups excluding carboxylic acids is 1. The van der Waals surface area contributed by atoms with Crippen LogP contribution in [0.2, 0.25) is 0 Å². The summed E-state index contributed by atoms with van der Waals surface area (Å²) in [4.78, 5) is 16.5. The van der Waals surface area contributed by atoms with E-state index in [0.717, 1.165) is 6.07 Å². The maximum atomic E-state index is 13.2. The lowest BCUT2D eigenvalue weighted by Gasteiger charge is -2.15. The van der Waals surface area contributed by atoms with Gasteiger partial charge in [-0.05, 0) is 68.4 Å². The van der Waals surface area contributed by atoms with Crippen molar-refractivity contribution in [1.29, 1.82) is 0 Å². The van der Waals surface area contributed by atoms with Gasteiger partial charge in [0.05, 0.1) is 22.3 Å². The fourth-order valence-electron chi connectivity index (χ4n) is 2.83. The molecule has 1 aromatic heterocycles. The van der Waals surface area contributed by atoms with Crippen molar-refractivity contribution in [3.8, 4) is 5.75 Å². The number of benzene rings is 2. The second kappa shape index (κ2) is 8.99. The zero-order chi connectivity index (χ0) is 23.5. The van der Waals surface area contributed by atoms with Gasteiger partial charge in [-0.2, -0.15) is 13.2 Å². The molecule has 0 radical (unpaired) electrons. The Hall–Kier alpha value is -3.40. The summed E-state index contributed by atoms with van der Waals surface area (Å²) < 4.78 is 73.0. The number of hydrogen-bond donors (Lipinski definition) is 1. The summed E-state index contributed by atoms with van der Waals surface area (Å²) in [5, 5.41) is 0. The van der Waals surface area contributed by atoms with Gasteiger partial charge in [0.15, 0.2) is 5.78 Å². The smallest absolute Gasteiger partial charge is 0.416 e. The van der Waals surface area contributed by atoms with Crippen LogP contribution < -0.4 is 9.46 Å². The molecule has 0 unspecified atom stereocenters. The number of aromatic nitrogens is 1. The highest BCUT2D eigenvalue weighted by Crippen LogP contribution is 2.33. The molecule has 1 N–H and O–H groups in total. The lowest BCUT2D eigenvalue weighted by molar-refractivity contribution is -0.137. The van der Waals surface area contributed by atoms with Crippen LogP contribution in [0.15, 0.2) is 71.9 Å². The van der Waals surface area contributed by atoms with Gasteiger partial charge in [-0.25, -0.2) is 8.42 Å². The number of nitrogens with zero attached hydrogens (tertiary/aromatic N) is 1. The standard InChI is InChI=1S/C22H19F3N2O4S/c1-14(2)31-17-4-6-18(7-5-17)32(29,30)27-20-8-3-16(22(23,24)25)13-19(20)21(28)15-9-11-26-12-10-15/h3-14,27H,1-2H3. The monoisotopic (exact) mass is 464 g/mol. The number of ether oxygens (including phenoxy) is 1. The molecule has 10 heteroatoms. The highest BCUT2D eigenvalue weighted by Gasteiger charge is 2.32. The zero-order valence-electron chi connectivity index (χ0n) is 17.1. The van der Waals surface area contributed by atoms with Gasteiger partial charge in [0.1, 0.15) is 5.75 Å². The predicted octanol–water partition coefficient (Wildman–Crippen LogP) is 4.92. The molecule has 3 aromatic rings. The Morgan fingerprint density at radius 1 is 1.00 bits per heavy atom. The number of halogens is 3. The van der Waals surface area contributed by atoms with Gasteiger partial charge in [0, 0.05) is 23.5 Å². The molecule has 0 atom stereocenters. The molecule has 168 valence electrons. The van der Waals surface area contributed by atoms with E-state index in [0.29, 0.717) is 17.9 Å². The van der Waals surface area contributed by atoms with Crippen molar-refractivity contribution in [2.24, 2.45) is 0 Å². The minimum atomic E-state index is -4.71. The van der Waals surface area contributed by atoms with Crippen LogP contribution in [-0.2, 0) is 16.2 Å². The van der Waals surface area contributed by atoms with Gasteiger partial charge >= 0.3 is 6.18 Å². The van der Waals surface area contributed by atoms with E-state index in [1.165, 1.54) is 48.8 Å². The third-order valence-electron chi connectivity index (χ3n) is 4.28. The average molecular weight is 464 g/mol. The van der Waals surface area contributed by atoms with Gasteiger partial charge in [-0.15, -0.1) is 0 Å². The number of rotatable bonds is 7. The molecular weight excluding hydrogens is 445 g/mol. The van der Waals surface area contributed by atoms with Crippen molar-refractivity contribution in [3.63, 3.8) is 0 Å². The first kappa shape index (κ1) is 23.3. The van der Waals surface area contributed by atoms with E-state index >= 15 is 0 Å². The fraction of sp³-hybridized carbons (Fsp3) is 0.182. The minimum absolute atomic E-state index is 0.0648. The predicted molar refractivity (Wildman–Crippen MR) is 112 cm³/mol. The molecule has 0 aliphatic heterocycles. The van der Waals surface area contributed by atoms with Crippen molar-refractivity contribution in [1.82, 2.24) is 4.98 Å². The molecule has 6 nitrogen and oxygen atoms in total. The Morgan fingerprint density at radius 3 is 2.19 bits per heavy atom. The SMILES string of the molecule is CC(C)Oc1ccc(S(=O)(=O)Nc2ccc(C(F)(F)F)cc2C(=O)c2ccncc2)cc1. The van der Waals surface area contributed by atoms with Crippen LogP contribution in [0.3, 0.4) is 0 Å². The number of sulfonamides is 1. The molecule has 0 amide bonds. The van der Waals surface area contributed by atoms with Crippen molar-refractivity contribution in [2.45, 2.75) is 31.0 Å². The van der Waals surface area contributed by atoms with E-state index in [1.54, 1.807) is 0 Å². The first-order valence-corrected chi connectivity index (χ1v) is 10.9. The van der Waals surface area contributed by atoms with E-state index in [1.807, 2.05) is 13.8 Å². The summed E-state index contributed by atoms with van der Waals surface area (Å²) in [7, 11) is -4.20. The summed E-state index contributed by atoms with van der Waals surface area (Å²) in [5.41, 5.74) is -1.72. The van der Waals surface area contributed by atoms with Crippen LogP contribution in [-0.4, -0.2) is 25.3 Å². The summed E-state index contributed by atoms with van der Waals surface area (Å²) in [5.74, 6) is -0.320. The fourth-order valence-corrected chi connectivity index (χ4v) is 3.91. The van der Waals surface area contributed by atoms with Crippen molar-refractivity contribution >= 4 is 21.5 Å². The van der Waals surface area contributed by atoms with E-state index in [-0.39, 0.29) is 22.3 Å². The van der Waals surface area contributed by atoms with E-state index in [2.05, 4.69) is 9.71 Å². The molecule has 0 aliphatic rings. The first-order valence-electron chi connectivity index (χ1n) is 9.43. The minimum Gasteiger partial charge on any atom is -0.491 e. The molecular formula is C22H19F3N2O4S. The summed E-state index contributed by atoms with van der Waals surface area (Å²) in [6.45, 7) is 3.64. The Bertz CT molecular complexity index is 1210. The van der Waals surface area contributed by atoms with Crippen molar-refractivity contribution < 1.29 is 31.1 Å². The largest absolute Gasteiger partial charge is 0.491 e. The molecule has 0 aliphatic carbocycles. The van der Waals surface area contributed by atoms with Crippen LogP contribution in [0.4, 0.5) is 18.9 Å². The number of nitrogens with one attached hydrogen (secondary N) is 1. The maximum absolute atomic E-state index is 13.2. The van der Waals surface area contributed by atoms with Crippen LogP contribution in [0.1, 0.15) is 35.3 Å². The Morgan fingerprint density at radius 2 is 1.62 bits per heavy atom. The molecule has 0 bridgehead atoms. The topological polar surface area (TPSA) is 85.4 Å². The highest BCUT2D eigenvalue weighted by molar-refractivity contribution is 7.92. The number of hydrogen-bond acceptors (Lipinski definition) is 5. The summed E-state index contributed by atoms with van der Waals surface area (Å²) >= 11 is 0. The lowest BCUT2D eigenvalue weighted by Crippen LogP contribution is -2.17. The van der Waals surface area contributed by atoms with E-state index < -0.39 is 33.1 Å². The Kier molecular flexibility index (Phi) is 6.54. The van der Waals surface area contributed by atoms with Crippen molar-refractivity contribution in [2.75, 3.05) is 4.72 Å². The average Bonchev–Trinajstić information content (AvgIpc) is 2.73. The molecule has 2 aromatic carbocycles. The first-order chi connectivity index (χ1) is 15.0. The lowest BCUT2D eigenvalue weighted by atomic mass is 10.00. The second-order valence-electron chi connectivity index (χ2n) is 7.07. The summed E-state index contributed by atoms with van der Waals surface area (Å²) in [6.07, 6.45) is -2.20. The van der Waals surface area contributed by atoms with E-state index in [9.17, 15) is 26.4 Å². The quantitative estimate of drug-likeness (QED) is 0.502. The van der Waals surface area contributed by atoms with Gasteiger partial charge in [0.2, 0.25) is 0 Å². The van der Waals surface area contributed by atoms with Crippen LogP contribution in [0.25, 0.3) is 0 Å². The van der Waals surface area contributed by atoms with Crippen LogP contribution in [0.5, 0.6) is 5.75 Å². The Labute approximate surface area is 183 Å². The second-order valence-corrected chi connectivity index (χ2v) is 8.75. The van der Waals surface area contributed by atoms with Crippen LogP contribution in [0, 0.1) is 0 Å². The normalized spacial score (nSPS) is 11.9. The summed E-state index contributed by atoms with van der Waals surface area (Å²) in [6, 6.07) is 10.4. The van der Waals surface area contributed by atoms with Gasteiger partial charge in [-0.3, -0.25) is 14.5 Å². The highest BCUT2D eigenvalue weighted by atomic mass is 32.2. The molecule has 0 saturated carbocycles. The van der Waals surface area contributed by atoms with E-state index in [4.69, 9.17) is 4.74 Å². The van der Waals surface area contributed by atoms with Crippen LogP contribution >= 0.6 is 0 Å². The number of carbonyl (C=O) groups is 1. The molecule has 32 heavy (non-hydrogen) atoms. The van der Waals surface area contributed by atoms with Gasteiger partial charge in [0.25, 0.3) is 10.0 Å². The zero-order valence-corrected chi connectivity index (χ0v) is 17.9. The molecule has 3 rings (SSSR count). The third-order valence-corrected chi connectivity index (χ3v) is 5.67.